The number of pyridine rings is 1. The number of aromatic carboxylic acids is 1. The predicted molar refractivity (Wildman–Crippen MR) is 132 cm³/mol. The standard InChI is InChI=1S/C20H22N6O3.C6H4F2/c27-19(23-13-3-7-25-17(9-13)16(12-22-25)20(28)29)15-11-21-26-8-4-14(10-18(15)26)24-5-1-2-6-24;7-5-1-2-6(8)4-3-5/h4,8,10-13H,1-3,5-7,9H2,(H,23,27)(H,28,29);1-4H. The number of fused-ring (bicyclic) bond motifs is 2. The predicted octanol–water partition coefficient (Wildman–Crippen LogP) is 3.54. The van der Waals surface area contributed by atoms with Gasteiger partial charge in [0, 0.05) is 44.0 Å². The molecule has 1 atom stereocenters. The molecule has 9 nitrogen and oxygen atoms in total. The van der Waals surface area contributed by atoms with Gasteiger partial charge >= 0.3 is 5.97 Å². The van der Waals surface area contributed by atoms with Gasteiger partial charge in [0.15, 0.2) is 0 Å². The zero-order valence-electron chi connectivity index (χ0n) is 20.0. The van der Waals surface area contributed by atoms with Gasteiger partial charge in [-0.05, 0) is 55.7 Å². The van der Waals surface area contributed by atoms with Gasteiger partial charge in [0.2, 0.25) is 0 Å². The minimum Gasteiger partial charge on any atom is -0.478 e. The average molecular weight is 509 g/mol. The normalized spacial score (nSPS) is 16.7. The first kappa shape index (κ1) is 24.4. The molecular formula is C26H26F2N6O3. The van der Waals surface area contributed by atoms with Gasteiger partial charge in [-0.3, -0.25) is 9.48 Å². The first-order chi connectivity index (χ1) is 17.9. The van der Waals surface area contributed by atoms with E-state index in [-0.39, 0.29) is 17.5 Å². The monoisotopic (exact) mass is 508 g/mol. The van der Waals surface area contributed by atoms with Crippen molar-refractivity contribution < 1.29 is 23.5 Å². The van der Waals surface area contributed by atoms with Crippen molar-refractivity contribution in [2.75, 3.05) is 18.0 Å². The Labute approximate surface area is 211 Å². The molecule has 0 saturated carbocycles. The Morgan fingerprint density at radius 1 is 0.946 bits per heavy atom. The summed E-state index contributed by atoms with van der Waals surface area (Å²) in [5.41, 5.74) is 3.28. The van der Waals surface area contributed by atoms with Gasteiger partial charge < -0.3 is 15.3 Å². The Kier molecular flexibility index (Phi) is 6.85. The molecule has 1 saturated heterocycles. The number of nitrogens with zero attached hydrogens (tertiary/aromatic N) is 5. The molecule has 4 aromatic rings. The number of hydrogen-bond acceptors (Lipinski definition) is 5. The number of rotatable bonds is 4. The van der Waals surface area contributed by atoms with Crippen molar-refractivity contribution in [1.82, 2.24) is 24.7 Å². The van der Waals surface area contributed by atoms with Gasteiger partial charge in [0.05, 0.1) is 29.2 Å². The lowest BCUT2D eigenvalue weighted by atomic mass is 10.0. The maximum atomic E-state index is 13.0. The minimum absolute atomic E-state index is 0.137. The molecule has 1 amide bonds. The summed E-state index contributed by atoms with van der Waals surface area (Å²) in [5.74, 6) is -2.00. The highest BCUT2D eigenvalue weighted by Crippen LogP contribution is 2.24. The molecule has 0 radical (unpaired) electrons. The maximum Gasteiger partial charge on any atom is 0.339 e. The van der Waals surface area contributed by atoms with Crippen molar-refractivity contribution in [2.24, 2.45) is 0 Å². The fourth-order valence-electron chi connectivity index (χ4n) is 4.74. The van der Waals surface area contributed by atoms with Crippen LogP contribution in [-0.2, 0) is 13.0 Å². The Bertz CT molecular complexity index is 1410. The third-order valence-electron chi connectivity index (χ3n) is 6.67. The molecule has 37 heavy (non-hydrogen) atoms. The second-order valence-corrected chi connectivity index (χ2v) is 9.10. The zero-order chi connectivity index (χ0) is 25.9. The highest BCUT2D eigenvalue weighted by molar-refractivity contribution is 6.01. The van der Waals surface area contributed by atoms with E-state index in [9.17, 15) is 23.5 Å². The van der Waals surface area contributed by atoms with Gasteiger partial charge in [-0.15, -0.1) is 0 Å². The molecule has 3 aromatic heterocycles. The van der Waals surface area contributed by atoms with Crippen LogP contribution >= 0.6 is 0 Å². The highest BCUT2D eigenvalue weighted by Gasteiger charge is 2.27. The number of carboxylic acid groups (broad SMARTS) is 1. The summed E-state index contributed by atoms with van der Waals surface area (Å²) in [4.78, 5) is 26.7. The van der Waals surface area contributed by atoms with Crippen LogP contribution in [0.4, 0.5) is 14.5 Å². The summed E-state index contributed by atoms with van der Waals surface area (Å²) < 4.78 is 27.3. The molecule has 0 aliphatic carbocycles. The lowest BCUT2D eigenvalue weighted by Crippen LogP contribution is -2.40. The second kappa shape index (κ2) is 10.4. The number of aryl methyl sites for hydroxylation is 1. The SMILES string of the molecule is Fc1ccc(F)cc1.O=C(O)c1cnn2c1CC(NC(=O)c1cnn3ccc(N4CCCC4)cc13)CC2. The molecule has 192 valence electrons. The minimum atomic E-state index is -0.990. The number of hydrogen-bond donors (Lipinski definition) is 2. The molecular weight excluding hydrogens is 482 g/mol. The van der Waals surface area contributed by atoms with Crippen LogP contribution in [0.25, 0.3) is 5.52 Å². The molecule has 6 rings (SSSR count). The lowest BCUT2D eigenvalue weighted by Gasteiger charge is -2.24. The van der Waals surface area contributed by atoms with E-state index in [1.807, 2.05) is 18.3 Å². The van der Waals surface area contributed by atoms with Crippen molar-refractivity contribution >= 4 is 23.1 Å². The third-order valence-corrected chi connectivity index (χ3v) is 6.67. The summed E-state index contributed by atoms with van der Waals surface area (Å²) >= 11 is 0. The number of benzene rings is 1. The van der Waals surface area contributed by atoms with Crippen LogP contribution < -0.4 is 10.2 Å². The smallest absolute Gasteiger partial charge is 0.339 e. The van der Waals surface area contributed by atoms with E-state index in [0.29, 0.717) is 30.6 Å². The van der Waals surface area contributed by atoms with Crippen LogP contribution in [0.5, 0.6) is 0 Å². The van der Waals surface area contributed by atoms with Gasteiger partial charge in [-0.1, -0.05) is 0 Å². The molecule has 2 aliphatic rings. The maximum absolute atomic E-state index is 13.0. The van der Waals surface area contributed by atoms with Crippen LogP contribution in [0.1, 0.15) is 45.7 Å². The Hall–Kier alpha value is -4.28. The van der Waals surface area contributed by atoms with Crippen LogP contribution in [0, 0.1) is 11.6 Å². The molecule has 1 unspecified atom stereocenters. The zero-order valence-corrected chi connectivity index (χ0v) is 20.0. The quantitative estimate of drug-likeness (QED) is 0.437. The number of carboxylic acids is 1. The second-order valence-electron chi connectivity index (χ2n) is 9.10. The van der Waals surface area contributed by atoms with E-state index < -0.39 is 17.6 Å². The number of nitrogens with one attached hydrogen (secondary N) is 1. The molecule has 1 aromatic carbocycles. The summed E-state index contributed by atoms with van der Waals surface area (Å²) in [6.45, 7) is 2.66. The molecule has 1 fully saturated rings. The van der Waals surface area contributed by atoms with E-state index in [0.717, 1.165) is 48.6 Å². The molecule has 2 aliphatic heterocycles. The van der Waals surface area contributed by atoms with Crippen LogP contribution in [-0.4, -0.2) is 55.5 Å². The lowest BCUT2D eigenvalue weighted by molar-refractivity contribution is 0.0695. The first-order valence-corrected chi connectivity index (χ1v) is 12.1. The van der Waals surface area contributed by atoms with Crippen molar-refractivity contribution in [3.63, 3.8) is 0 Å². The molecule has 0 spiro atoms. The number of amides is 1. The molecule has 0 bridgehead atoms. The van der Waals surface area contributed by atoms with E-state index in [2.05, 4.69) is 20.4 Å². The van der Waals surface area contributed by atoms with Crippen molar-refractivity contribution in [3.8, 4) is 0 Å². The number of aromatic nitrogens is 4. The fraction of sp³-hybridized carbons (Fsp3) is 0.308. The van der Waals surface area contributed by atoms with Crippen LogP contribution in [0.15, 0.2) is 55.0 Å². The summed E-state index contributed by atoms with van der Waals surface area (Å²) in [5, 5.41) is 20.8. The van der Waals surface area contributed by atoms with E-state index in [1.165, 1.54) is 19.0 Å². The van der Waals surface area contributed by atoms with Crippen molar-refractivity contribution in [2.45, 2.75) is 38.3 Å². The van der Waals surface area contributed by atoms with E-state index >= 15 is 0 Å². The van der Waals surface area contributed by atoms with Crippen molar-refractivity contribution in [3.05, 3.63) is 83.4 Å². The van der Waals surface area contributed by atoms with Crippen molar-refractivity contribution in [1.29, 1.82) is 0 Å². The van der Waals surface area contributed by atoms with Crippen LogP contribution in [0.2, 0.25) is 0 Å². The van der Waals surface area contributed by atoms with Gasteiger partial charge in [-0.25, -0.2) is 18.1 Å². The summed E-state index contributed by atoms with van der Waals surface area (Å²) in [7, 11) is 0. The Morgan fingerprint density at radius 2 is 1.62 bits per heavy atom. The topological polar surface area (TPSA) is 105 Å². The molecule has 11 heteroatoms. The third kappa shape index (κ3) is 5.30. The Balaban J connectivity index is 0.000000301. The van der Waals surface area contributed by atoms with Gasteiger partial charge in [-0.2, -0.15) is 10.2 Å². The van der Waals surface area contributed by atoms with Gasteiger partial charge in [0.1, 0.15) is 17.2 Å². The fourth-order valence-corrected chi connectivity index (χ4v) is 4.74. The van der Waals surface area contributed by atoms with E-state index in [4.69, 9.17) is 0 Å². The van der Waals surface area contributed by atoms with Crippen LogP contribution in [0.3, 0.4) is 0 Å². The number of halogens is 2. The van der Waals surface area contributed by atoms with E-state index in [1.54, 1.807) is 15.4 Å². The number of carbonyl (C=O) groups is 2. The first-order valence-electron chi connectivity index (χ1n) is 12.1. The highest BCUT2D eigenvalue weighted by atomic mass is 19.1. The average Bonchev–Trinajstić information content (AvgIpc) is 3.65. The Morgan fingerprint density at radius 3 is 2.30 bits per heavy atom. The summed E-state index contributed by atoms with van der Waals surface area (Å²) in [6.07, 6.45) is 8.39. The largest absolute Gasteiger partial charge is 0.478 e. The summed E-state index contributed by atoms with van der Waals surface area (Å²) in [6, 6.07) is 8.23. The molecule has 5 heterocycles. The van der Waals surface area contributed by atoms with Gasteiger partial charge in [0.25, 0.3) is 5.91 Å². The number of anilines is 1. The number of carbonyl (C=O) groups excluding carboxylic acids is 1. The molecule has 2 N–H and O–H groups in total.